The van der Waals surface area contributed by atoms with Crippen molar-refractivity contribution in [2.24, 2.45) is 29.6 Å². The monoisotopic (exact) mass is 281 g/mol. The number of hydrogen-bond acceptors (Lipinski definition) is 1. The highest BCUT2D eigenvalue weighted by Crippen LogP contribution is 2.69. The molecule has 0 heterocycles. The lowest BCUT2D eigenvalue weighted by Crippen LogP contribution is -2.45. The van der Waals surface area contributed by atoms with Crippen molar-refractivity contribution in [1.29, 1.82) is 0 Å². The maximum absolute atomic E-state index is 12.7. The van der Waals surface area contributed by atoms with Crippen LogP contribution in [0.5, 0.6) is 0 Å². The fraction of sp³-hybridized carbons (Fsp3) is 0.938. The number of nitrogens with zero attached hydrogens (tertiary/aromatic N) is 1. The largest absolute Gasteiger partial charge is 0.341 e. The van der Waals surface area contributed by atoms with Gasteiger partial charge in [0.25, 0.3) is 0 Å². The van der Waals surface area contributed by atoms with Crippen LogP contribution in [0.4, 0.5) is 0 Å². The highest BCUT2D eigenvalue weighted by molar-refractivity contribution is 6.21. The number of halogens is 1. The van der Waals surface area contributed by atoms with Crippen LogP contribution in [0.1, 0.15) is 44.9 Å². The van der Waals surface area contributed by atoms with Gasteiger partial charge in [0.05, 0.1) is 5.38 Å². The summed E-state index contributed by atoms with van der Waals surface area (Å²) in [6, 6.07) is 0.293. The third-order valence-electron chi connectivity index (χ3n) is 6.51. The van der Waals surface area contributed by atoms with Gasteiger partial charge in [0.1, 0.15) is 0 Å². The summed E-state index contributed by atoms with van der Waals surface area (Å²) in [4.78, 5) is 14.8. The molecule has 0 aromatic carbocycles. The summed E-state index contributed by atoms with van der Waals surface area (Å²) in [6.45, 7) is 0. The molecule has 19 heavy (non-hydrogen) atoms. The van der Waals surface area contributed by atoms with Crippen LogP contribution in [0, 0.1) is 29.6 Å². The first-order valence-electron chi connectivity index (χ1n) is 8.09. The van der Waals surface area contributed by atoms with Gasteiger partial charge in [0.15, 0.2) is 0 Å². The van der Waals surface area contributed by atoms with Crippen molar-refractivity contribution in [2.75, 3.05) is 7.05 Å². The molecule has 3 heteroatoms. The van der Waals surface area contributed by atoms with Gasteiger partial charge in [0, 0.05) is 19.0 Å². The summed E-state index contributed by atoms with van der Waals surface area (Å²) in [5, 5.41) is 0.179. The molecular weight excluding hydrogens is 258 g/mol. The van der Waals surface area contributed by atoms with E-state index in [1.165, 1.54) is 32.1 Å². The molecule has 4 aliphatic rings. The topological polar surface area (TPSA) is 20.3 Å². The van der Waals surface area contributed by atoms with Crippen molar-refractivity contribution < 1.29 is 4.79 Å². The first kappa shape index (κ1) is 12.5. The van der Waals surface area contributed by atoms with Gasteiger partial charge in [-0.05, 0) is 55.8 Å². The third-order valence-corrected chi connectivity index (χ3v) is 7.02. The molecule has 0 N–H and O–H groups in total. The van der Waals surface area contributed by atoms with E-state index in [2.05, 4.69) is 0 Å². The molecule has 0 saturated heterocycles. The average Bonchev–Trinajstić information content (AvgIpc) is 2.85. The minimum absolute atomic E-state index is 0.179. The lowest BCUT2D eigenvalue weighted by atomic mass is 9.93. The molecule has 4 saturated carbocycles. The quantitative estimate of drug-likeness (QED) is 0.711. The van der Waals surface area contributed by atoms with Crippen molar-refractivity contribution in [1.82, 2.24) is 4.90 Å². The Kier molecular flexibility index (Phi) is 2.88. The predicted molar refractivity (Wildman–Crippen MR) is 76.0 cm³/mol. The molecule has 4 fully saturated rings. The van der Waals surface area contributed by atoms with E-state index in [1.54, 1.807) is 0 Å². The number of rotatable bonds is 2. The third kappa shape index (κ3) is 1.78. The first-order chi connectivity index (χ1) is 9.18. The Morgan fingerprint density at radius 2 is 1.68 bits per heavy atom. The molecule has 2 bridgehead atoms. The molecule has 0 radical (unpaired) electrons. The number of amides is 1. The zero-order chi connectivity index (χ0) is 13.1. The second-order valence-electron chi connectivity index (χ2n) is 7.33. The van der Waals surface area contributed by atoms with E-state index < -0.39 is 0 Å². The van der Waals surface area contributed by atoms with Crippen LogP contribution in [0.15, 0.2) is 0 Å². The molecule has 0 aromatic heterocycles. The van der Waals surface area contributed by atoms with Gasteiger partial charge < -0.3 is 4.90 Å². The lowest BCUT2D eigenvalue weighted by Gasteiger charge is -2.35. The van der Waals surface area contributed by atoms with E-state index in [4.69, 9.17) is 11.6 Å². The van der Waals surface area contributed by atoms with Crippen LogP contribution in [-0.2, 0) is 4.79 Å². The normalized spacial score (nSPS) is 50.9. The van der Waals surface area contributed by atoms with Crippen LogP contribution in [0.25, 0.3) is 0 Å². The Morgan fingerprint density at radius 1 is 1.05 bits per heavy atom. The predicted octanol–water partition coefficient (Wildman–Crippen LogP) is 3.29. The Bertz CT molecular complexity index is 382. The van der Waals surface area contributed by atoms with E-state index >= 15 is 0 Å². The van der Waals surface area contributed by atoms with Gasteiger partial charge in [-0.3, -0.25) is 4.79 Å². The zero-order valence-electron chi connectivity index (χ0n) is 11.7. The Morgan fingerprint density at radius 3 is 2.32 bits per heavy atom. The highest BCUT2D eigenvalue weighted by atomic mass is 35.5. The van der Waals surface area contributed by atoms with Gasteiger partial charge in [-0.15, -0.1) is 11.6 Å². The number of carbonyl (C=O) groups is 1. The summed E-state index contributed by atoms with van der Waals surface area (Å²) < 4.78 is 0. The standard InChI is InChI=1S/C16H24ClNO/c1-18(12-5-3-2-4-11(12)17)16(19)15-13-9-6-7-10(8-9)14(13)15/h9-15H,2-8H2,1H3. The average molecular weight is 282 g/mol. The van der Waals surface area contributed by atoms with Crippen molar-refractivity contribution >= 4 is 17.5 Å². The molecule has 6 atom stereocenters. The SMILES string of the molecule is CN(C(=O)C1C2C3CCC(C3)C12)C1CCCCC1Cl. The van der Waals surface area contributed by atoms with E-state index in [-0.39, 0.29) is 5.38 Å². The summed E-state index contributed by atoms with van der Waals surface area (Å²) in [7, 11) is 2.00. The van der Waals surface area contributed by atoms with Crippen molar-refractivity contribution in [2.45, 2.75) is 56.4 Å². The summed E-state index contributed by atoms with van der Waals surface area (Å²) in [6.07, 6.45) is 8.84. The van der Waals surface area contributed by atoms with Gasteiger partial charge in [0.2, 0.25) is 5.91 Å². The maximum atomic E-state index is 12.7. The van der Waals surface area contributed by atoms with Gasteiger partial charge in [-0.25, -0.2) is 0 Å². The molecular formula is C16H24ClNO. The van der Waals surface area contributed by atoms with Gasteiger partial charge >= 0.3 is 0 Å². The molecule has 0 aliphatic heterocycles. The number of fused-ring (bicyclic) bond motifs is 5. The number of hydrogen-bond donors (Lipinski definition) is 0. The number of alkyl halides is 1. The molecule has 4 aliphatic carbocycles. The smallest absolute Gasteiger partial charge is 0.226 e. The van der Waals surface area contributed by atoms with E-state index in [0.717, 1.165) is 36.5 Å². The molecule has 2 nitrogen and oxygen atoms in total. The van der Waals surface area contributed by atoms with E-state index in [0.29, 0.717) is 17.9 Å². The van der Waals surface area contributed by atoms with Crippen LogP contribution in [0.2, 0.25) is 0 Å². The Hall–Kier alpha value is -0.240. The molecule has 0 aromatic rings. The minimum Gasteiger partial charge on any atom is -0.341 e. The molecule has 4 rings (SSSR count). The van der Waals surface area contributed by atoms with Crippen LogP contribution in [0.3, 0.4) is 0 Å². The van der Waals surface area contributed by atoms with Crippen LogP contribution in [-0.4, -0.2) is 29.3 Å². The molecule has 106 valence electrons. The minimum atomic E-state index is 0.179. The lowest BCUT2D eigenvalue weighted by molar-refractivity contribution is -0.135. The number of carbonyl (C=O) groups excluding carboxylic acids is 1. The fourth-order valence-corrected chi connectivity index (χ4v) is 6.01. The van der Waals surface area contributed by atoms with Gasteiger partial charge in [-0.1, -0.05) is 12.8 Å². The van der Waals surface area contributed by atoms with E-state index in [9.17, 15) is 4.79 Å². The van der Waals surface area contributed by atoms with Crippen molar-refractivity contribution in [3.63, 3.8) is 0 Å². The van der Waals surface area contributed by atoms with Crippen molar-refractivity contribution in [3.05, 3.63) is 0 Å². The molecule has 6 unspecified atom stereocenters. The van der Waals surface area contributed by atoms with Crippen LogP contribution < -0.4 is 0 Å². The first-order valence-corrected chi connectivity index (χ1v) is 8.53. The zero-order valence-corrected chi connectivity index (χ0v) is 12.5. The highest BCUT2D eigenvalue weighted by Gasteiger charge is 2.68. The van der Waals surface area contributed by atoms with Crippen molar-refractivity contribution in [3.8, 4) is 0 Å². The Labute approximate surface area is 120 Å². The summed E-state index contributed by atoms with van der Waals surface area (Å²) in [5.74, 6) is 4.08. The second kappa shape index (κ2) is 4.38. The summed E-state index contributed by atoms with van der Waals surface area (Å²) >= 11 is 6.44. The second-order valence-corrected chi connectivity index (χ2v) is 7.89. The summed E-state index contributed by atoms with van der Waals surface area (Å²) in [5.41, 5.74) is 0. The molecule has 1 amide bonds. The maximum Gasteiger partial charge on any atom is 0.226 e. The van der Waals surface area contributed by atoms with Gasteiger partial charge in [-0.2, -0.15) is 0 Å². The Balaban J connectivity index is 1.44. The van der Waals surface area contributed by atoms with Crippen LogP contribution >= 0.6 is 11.6 Å². The fourth-order valence-electron chi connectivity index (χ4n) is 5.56. The molecule has 0 spiro atoms. The van der Waals surface area contributed by atoms with E-state index in [1.807, 2.05) is 11.9 Å².